The largest absolute Gasteiger partial charge is 0.313 e. The Hall–Kier alpha value is -0.490. The van der Waals surface area contributed by atoms with Crippen molar-refractivity contribution in [1.82, 2.24) is 15.3 Å². The number of hydrogen-bond acceptors (Lipinski definition) is 4. The van der Waals surface area contributed by atoms with Gasteiger partial charge in [-0.3, -0.25) is 0 Å². The zero-order chi connectivity index (χ0) is 15.2. The minimum Gasteiger partial charge on any atom is -0.313 e. The van der Waals surface area contributed by atoms with Crippen molar-refractivity contribution < 1.29 is 0 Å². The first-order valence-electron chi connectivity index (χ1n) is 6.88. The summed E-state index contributed by atoms with van der Waals surface area (Å²) in [6.45, 7) is 4.58. The minimum absolute atomic E-state index is 0.250. The summed E-state index contributed by atoms with van der Waals surface area (Å²) in [5.74, 6) is 0.763. The van der Waals surface area contributed by atoms with Crippen LogP contribution in [0.4, 0.5) is 0 Å². The van der Waals surface area contributed by atoms with Gasteiger partial charge in [-0.1, -0.05) is 25.4 Å². The van der Waals surface area contributed by atoms with Crippen molar-refractivity contribution in [2.45, 2.75) is 32.7 Å². The average Bonchev–Trinajstić information content (AvgIpc) is 2.76. The smallest absolute Gasteiger partial charge is 0.169 e. The predicted molar refractivity (Wildman–Crippen MR) is 92.0 cm³/mol. The maximum absolute atomic E-state index is 6.12. The van der Waals surface area contributed by atoms with E-state index in [4.69, 9.17) is 16.6 Å². The lowest BCUT2D eigenvalue weighted by Crippen LogP contribution is -2.32. The summed E-state index contributed by atoms with van der Waals surface area (Å²) in [5, 5.41) is 3.38. The lowest BCUT2D eigenvalue weighted by molar-refractivity contribution is 0.260. The van der Waals surface area contributed by atoms with Gasteiger partial charge in [0.1, 0.15) is 4.34 Å². The van der Waals surface area contributed by atoms with Gasteiger partial charge in [0, 0.05) is 28.0 Å². The molecular formula is C15H17BrClN3S. The Balaban J connectivity index is 2.04. The molecule has 0 bridgehead atoms. The van der Waals surface area contributed by atoms with Crippen LogP contribution in [-0.2, 0) is 6.42 Å². The van der Waals surface area contributed by atoms with Crippen LogP contribution < -0.4 is 5.32 Å². The molecule has 0 radical (unpaired) electrons. The summed E-state index contributed by atoms with van der Waals surface area (Å²) >= 11 is 11.1. The van der Waals surface area contributed by atoms with E-state index in [1.54, 1.807) is 0 Å². The van der Waals surface area contributed by atoms with Crippen LogP contribution >= 0.6 is 38.9 Å². The summed E-state index contributed by atoms with van der Waals surface area (Å²) in [4.78, 5) is 10.4. The highest BCUT2D eigenvalue weighted by molar-refractivity contribution is 9.10. The number of halogens is 2. The fourth-order valence-electron chi connectivity index (χ4n) is 2.88. The third-order valence-corrected chi connectivity index (χ3v) is 6.36. The molecule has 3 nitrogen and oxygen atoms in total. The molecule has 0 saturated heterocycles. The van der Waals surface area contributed by atoms with Gasteiger partial charge in [-0.25, -0.2) is 9.97 Å². The first-order chi connectivity index (χ1) is 9.89. The van der Waals surface area contributed by atoms with Crippen LogP contribution in [0.3, 0.4) is 0 Å². The first-order valence-corrected chi connectivity index (χ1v) is 8.86. The van der Waals surface area contributed by atoms with E-state index < -0.39 is 0 Å². The topological polar surface area (TPSA) is 37.8 Å². The van der Waals surface area contributed by atoms with Crippen molar-refractivity contribution in [2.75, 3.05) is 7.05 Å². The molecule has 1 unspecified atom stereocenters. The molecule has 3 rings (SSSR count). The molecule has 1 aliphatic rings. The molecule has 0 amide bonds. The number of rotatable bonds is 2. The van der Waals surface area contributed by atoms with E-state index in [1.165, 1.54) is 16.9 Å². The van der Waals surface area contributed by atoms with Crippen LogP contribution in [0.15, 0.2) is 16.7 Å². The van der Waals surface area contributed by atoms with E-state index in [2.05, 4.69) is 40.1 Å². The second-order valence-corrected chi connectivity index (χ2v) is 8.72. The highest BCUT2D eigenvalue weighted by atomic mass is 79.9. The van der Waals surface area contributed by atoms with Gasteiger partial charge in [0.2, 0.25) is 0 Å². The van der Waals surface area contributed by atoms with Gasteiger partial charge < -0.3 is 5.32 Å². The third-order valence-electron chi connectivity index (χ3n) is 3.89. The van der Waals surface area contributed by atoms with Gasteiger partial charge in [-0.2, -0.15) is 0 Å². The molecule has 1 aliphatic carbocycles. The van der Waals surface area contributed by atoms with Gasteiger partial charge in [0.15, 0.2) is 5.82 Å². The maximum Gasteiger partial charge on any atom is 0.169 e. The van der Waals surface area contributed by atoms with Crippen LogP contribution in [0.2, 0.25) is 4.34 Å². The molecule has 6 heteroatoms. The summed E-state index contributed by atoms with van der Waals surface area (Å²) in [6, 6.07) is 2.31. The van der Waals surface area contributed by atoms with Crippen molar-refractivity contribution in [2.24, 2.45) is 5.41 Å². The molecule has 112 valence electrons. The van der Waals surface area contributed by atoms with E-state index in [1.807, 2.05) is 19.3 Å². The number of nitrogens with zero attached hydrogens (tertiary/aromatic N) is 2. The standard InChI is InChI=1S/C15H17BrClN3S/c1-15(2)5-10(18-3)8-7-19-14(20-11(8)6-15)12-4-9(16)13(17)21-12/h4,7,10,18H,5-6H2,1-3H3. The number of thiophene rings is 1. The number of nitrogens with one attached hydrogen (secondary N) is 1. The average molecular weight is 387 g/mol. The predicted octanol–water partition coefficient (Wildman–Crippen LogP) is 4.85. The molecule has 1 atom stereocenters. The highest BCUT2D eigenvalue weighted by Gasteiger charge is 2.33. The van der Waals surface area contributed by atoms with Crippen LogP contribution in [0.1, 0.15) is 37.6 Å². The molecule has 1 N–H and O–H groups in total. The quantitative estimate of drug-likeness (QED) is 0.801. The van der Waals surface area contributed by atoms with Crippen LogP contribution in [0.5, 0.6) is 0 Å². The van der Waals surface area contributed by atoms with Gasteiger partial charge in [-0.15, -0.1) is 11.3 Å². The first kappa shape index (κ1) is 15.4. The Kier molecular flexibility index (Phi) is 4.12. The Labute approximate surface area is 142 Å². The summed E-state index contributed by atoms with van der Waals surface area (Å²) in [5.41, 5.74) is 2.62. The van der Waals surface area contributed by atoms with Crippen molar-refractivity contribution in [1.29, 1.82) is 0 Å². The molecule has 2 aromatic heterocycles. The van der Waals surface area contributed by atoms with E-state index >= 15 is 0 Å². The molecule has 0 aromatic carbocycles. The Morgan fingerprint density at radius 3 is 2.86 bits per heavy atom. The van der Waals surface area contributed by atoms with Crippen LogP contribution in [0, 0.1) is 5.41 Å². The lowest BCUT2D eigenvalue weighted by atomic mass is 9.74. The summed E-state index contributed by atoms with van der Waals surface area (Å²) < 4.78 is 1.64. The number of fused-ring (bicyclic) bond motifs is 1. The molecular weight excluding hydrogens is 370 g/mol. The van der Waals surface area contributed by atoms with Crippen molar-refractivity contribution >= 4 is 38.9 Å². The second-order valence-electron chi connectivity index (χ2n) is 6.21. The Morgan fingerprint density at radius 1 is 1.48 bits per heavy atom. The number of aromatic nitrogens is 2. The fourth-order valence-corrected chi connectivity index (χ4v) is 4.52. The van der Waals surface area contributed by atoms with Crippen molar-refractivity contribution in [3.05, 3.63) is 32.3 Å². The van der Waals surface area contributed by atoms with E-state index in [9.17, 15) is 0 Å². The second kappa shape index (κ2) is 5.61. The van der Waals surface area contributed by atoms with E-state index in [-0.39, 0.29) is 5.41 Å². The molecule has 0 aliphatic heterocycles. The van der Waals surface area contributed by atoms with Gasteiger partial charge >= 0.3 is 0 Å². The zero-order valence-corrected chi connectivity index (χ0v) is 15.4. The van der Waals surface area contributed by atoms with Crippen LogP contribution in [-0.4, -0.2) is 17.0 Å². The maximum atomic E-state index is 6.12. The van der Waals surface area contributed by atoms with E-state index in [0.717, 1.165) is 38.0 Å². The van der Waals surface area contributed by atoms with Crippen LogP contribution in [0.25, 0.3) is 10.7 Å². The fraction of sp³-hybridized carbons (Fsp3) is 0.467. The SMILES string of the molecule is CNC1CC(C)(C)Cc2nc(-c3cc(Br)c(Cl)s3)ncc21. The summed E-state index contributed by atoms with van der Waals surface area (Å²) in [7, 11) is 2.00. The lowest BCUT2D eigenvalue weighted by Gasteiger charge is -2.36. The molecule has 0 spiro atoms. The molecule has 2 heterocycles. The Bertz CT molecular complexity index is 664. The van der Waals surface area contributed by atoms with E-state index in [0.29, 0.717) is 6.04 Å². The van der Waals surface area contributed by atoms with Gasteiger partial charge in [0.05, 0.1) is 4.88 Å². The highest BCUT2D eigenvalue weighted by Crippen LogP contribution is 2.41. The monoisotopic (exact) mass is 385 g/mol. The Morgan fingerprint density at radius 2 is 2.24 bits per heavy atom. The molecule has 2 aromatic rings. The summed E-state index contributed by atoms with van der Waals surface area (Å²) in [6.07, 6.45) is 4.06. The molecule has 0 fully saturated rings. The van der Waals surface area contributed by atoms with Crippen molar-refractivity contribution in [3.63, 3.8) is 0 Å². The van der Waals surface area contributed by atoms with Crippen molar-refractivity contribution in [3.8, 4) is 10.7 Å². The third kappa shape index (κ3) is 3.02. The zero-order valence-electron chi connectivity index (χ0n) is 12.2. The normalized spacial score (nSPS) is 20.3. The molecule has 0 saturated carbocycles. The van der Waals surface area contributed by atoms with Gasteiger partial charge in [0.25, 0.3) is 0 Å². The number of hydrogen-bond donors (Lipinski definition) is 1. The molecule has 21 heavy (non-hydrogen) atoms. The van der Waals surface area contributed by atoms with Gasteiger partial charge in [-0.05, 0) is 47.3 Å². The minimum atomic E-state index is 0.250.